The lowest BCUT2D eigenvalue weighted by Crippen LogP contribution is -1.97. The number of aryl methyl sites for hydroxylation is 3. The van der Waals surface area contributed by atoms with Gasteiger partial charge in [-0.25, -0.2) is 9.97 Å². The lowest BCUT2D eigenvalue weighted by atomic mass is 10.0. The fourth-order valence-corrected chi connectivity index (χ4v) is 7.41. The molecule has 0 saturated carbocycles. The standard InChI is InChI=1S/C44H62N4/c1-5-9-13-17-21-33-37-25-27-39(45-37)34(22-18-14-10-6-2)41-29-31-43(47-41)36(24-20-16-12-8-4)44-32-30-42(48-44)35(23-19-15-11-7-3)40-28-26-38(33)46-40/h25-32,45-46H,5-24H2,1-4H3. The largest absolute Gasteiger partial charge is 0.355 e. The summed E-state index contributed by atoms with van der Waals surface area (Å²) in [6, 6.07) is 9.28. The number of nitrogens with zero attached hydrogens (tertiary/aromatic N) is 2. The third-order valence-electron chi connectivity index (χ3n) is 10.3. The second-order valence-electron chi connectivity index (χ2n) is 14.2. The molecule has 0 fully saturated rings. The Hall–Kier alpha value is -3.40. The van der Waals surface area contributed by atoms with E-state index >= 15 is 0 Å². The topological polar surface area (TPSA) is 57.4 Å². The second kappa shape index (κ2) is 19.0. The van der Waals surface area contributed by atoms with Gasteiger partial charge in [-0.1, -0.05) is 105 Å². The normalized spacial score (nSPS) is 12.4. The van der Waals surface area contributed by atoms with Gasteiger partial charge in [-0.3, -0.25) is 0 Å². The van der Waals surface area contributed by atoms with Crippen LogP contribution in [0.2, 0.25) is 0 Å². The molecule has 2 aliphatic rings. The van der Waals surface area contributed by atoms with Crippen LogP contribution in [-0.4, -0.2) is 19.9 Å². The molecular weight excluding hydrogens is 585 g/mol. The van der Waals surface area contributed by atoms with Crippen LogP contribution in [-0.2, 0) is 25.7 Å². The first kappa shape index (κ1) is 35.9. The first-order valence-corrected chi connectivity index (χ1v) is 19.8. The van der Waals surface area contributed by atoms with Crippen molar-refractivity contribution in [2.45, 2.75) is 156 Å². The summed E-state index contributed by atoms with van der Waals surface area (Å²) in [5.74, 6) is 0. The van der Waals surface area contributed by atoms with Crippen LogP contribution in [0.1, 0.15) is 175 Å². The number of rotatable bonds is 20. The average Bonchev–Trinajstić information content (AvgIpc) is 3.93. The number of aromatic nitrogens is 4. The molecule has 0 spiro atoms. The molecular formula is C44H62N4. The second-order valence-corrected chi connectivity index (χ2v) is 14.2. The van der Waals surface area contributed by atoms with E-state index in [9.17, 15) is 0 Å². The van der Waals surface area contributed by atoms with E-state index in [1.165, 1.54) is 147 Å². The number of aromatic amines is 2. The zero-order valence-electron chi connectivity index (χ0n) is 30.7. The molecule has 258 valence electrons. The van der Waals surface area contributed by atoms with E-state index in [0.29, 0.717) is 0 Å². The molecule has 2 N–H and O–H groups in total. The number of H-pyrrole nitrogens is 2. The highest BCUT2D eigenvalue weighted by molar-refractivity contribution is 5.83. The van der Waals surface area contributed by atoms with E-state index in [2.05, 4.69) is 86.2 Å². The van der Waals surface area contributed by atoms with Crippen molar-refractivity contribution in [3.05, 3.63) is 69.3 Å². The summed E-state index contributed by atoms with van der Waals surface area (Å²) in [5.41, 5.74) is 14.7. The fourth-order valence-electron chi connectivity index (χ4n) is 7.41. The van der Waals surface area contributed by atoms with E-state index in [1.54, 1.807) is 0 Å². The maximum Gasteiger partial charge on any atom is 0.0691 e. The van der Waals surface area contributed by atoms with Crippen molar-refractivity contribution in [2.24, 2.45) is 0 Å². The smallest absolute Gasteiger partial charge is 0.0691 e. The van der Waals surface area contributed by atoms with Crippen molar-refractivity contribution in [2.75, 3.05) is 0 Å². The maximum atomic E-state index is 5.40. The van der Waals surface area contributed by atoms with Gasteiger partial charge in [0.2, 0.25) is 0 Å². The number of fused-ring (bicyclic) bond motifs is 8. The molecule has 4 nitrogen and oxygen atoms in total. The molecule has 0 saturated heterocycles. The molecule has 4 heteroatoms. The third-order valence-corrected chi connectivity index (χ3v) is 10.3. The van der Waals surface area contributed by atoms with Gasteiger partial charge in [-0.05, 0) is 105 Å². The fraction of sp³-hybridized carbons (Fsp3) is 0.545. The minimum atomic E-state index is 1.01. The number of unbranched alkanes of at least 4 members (excludes halogenated alkanes) is 12. The van der Waals surface area contributed by atoms with Gasteiger partial charge < -0.3 is 9.97 Å². The summed E-state index contributed by atoms with van der Waals surface area (Å²) >= 11 is 0. The number of hydrogen-bond acceptors (Lipinski definition) is 2. The molecule has 0 aliphatic carbocycles. The van der Waals surface area contributed by atoms with Crippen LogP contribution in [0.3, 0.4) is 0 Å². The Kier molecular flexibility index (Phi) is 14.2. The minimum Gasteiger partial charge on any atom is -0.355 e. The first-order chi connectivity index (χ1) is 23.7. The lowest BCUT2D eigenvalue weighted by molar-refractivity contribution is 0.664. The molecule has 3 aromatic heterocycles. The molecule has 5 rings (SSSR count). The molecule has 0 unspecified atom stereocenters. The highest BCUT2D eigenvalue weighted by atomic mass is 14.8. The van der Waals surface area contributed by atoms with Crippen molar-refractivity contribution in [3.63, 3.8) is 0 Å². The van der Waals surface area contributed by atoms with Crippen LogP contribution in [0.15, 0.2) is 24.3 Å². The van der Waals surface area contributed by atoms with Crippen molar-refractivity contribution in [3.8, 4) is 0 Å². The van der Waals surface area contributed by atoms with Crippen LogP contribution >= 0.6 is 0 Å². The zero-order valence-corrected chi connectivity index (χ0v) is 30.7. The summed E-state index contributed by atoms with van der Waals surface area (Å²) in [7, 11) is 0. The van der Waals surface area contributed by atoms with E-state index in [-0.39, 0.29) is 0 Å². The molecule has 0 aromatic carbocycles. The molecule has 0 radical (unpaired) electrons. The van der Waals surface area contributed by atoms with Crippen LogP contribution in [0.25, 0.3) is 46.4 Å². The van der Waals surface area contributed by atoms with Gasteiger partial charge in [-0.15, -0.1) is 0 Å². The molecule has 48 heavy (non-hydrogen) atoms. The summed E-state index contributed by atoms with van der Waals surface area (Å²) in [6.45, 7) is 9.17. The minimum absolute atomic E-state index is 1.01. The quantitative estimate of drug-likeness (QED) is 0.0827. The molecule has 8 bridgehead atoms. The highest BCUT2D eigenvalue weighted by Gasteiger charge is 2.17. The summed E-state index contributed by atoms with van der Waals surface area (Å²) in [4.78, 5) is 18.7. The Balaban J connectivity index is 1.75. The predicted molar refractivity (Wildman–Crippen MR) is 210 cm³/mol. The van der Waals surface area contributed by atoms with E-state index in [0.717, 1.165) is 48.5 Å². The Bertz CT molecular complexity index is 1570. The Morgan fingerprint density at radius 2 is 0.646 bits per heavy atom. The molecule has 5 heterocycles. The van der Waals surface area contributed by atoms with Gasteiger partial charge in [-0.2, -0.15) is 0 Å². The SMILES string of the molecule is CCCCCCc1c2nc(c(CCCCCC)c3ccc([nH]3)c(CCCCCC)c3ccc([nH]3)c(CCCCCC)c3nc1C=C3)C=C2. The molecule has 3 aromatic rings. The van der Waals surface area contributed by atoms with Crippen molar-refractivity contribution in [1.82, 2.24) is 19.9 Å². The van der Waals surface area contributed by atoms with Crippen molar-refractivity contribution < 1.29 is 0 Å². The Morgan fingerprint density at radius 3 is 1.00 bits per heavy atom. The van der Waals surface area contributed by atoms with Gasteiger partial charge in [0.25, 0.3) is 0 Å². The van der Waals surface area contributed by atoms with E-state index in [4.69, 9.17) is 9.97 Å². The van der Waals surface area contributed by atoms with Crippen molar-refractivity contribution in [1.29, 1.82) is 0 Å². The van der Waals surface area contributed by atoms with Gasteiger partial charge in [0.1, 0.15) is 0 Å². The third kappa shape index (κ3) is 9.39. The van der Waals surface area contributed by atoms with Crippen LogP contribution in [0, 0.1) is 0 Å². The summed E-state index contributed by atoms with van der Waals surface area (Å²) in [5, 5.41) is 0. The summed E-state index contributed by atoms with van der Waals surface area (Å²) in [6.07, 6.45) is 33.1. The van der Waals surface area contributed by atoms with Gasteiger partial charge in [0.15, 0.2) is 0 Å². The van der Waals surface area contributed by atoms with Gasteiger partial charge in [0, 0.05) is 38.8 Å². The highest BCUT2D eigenvalue weighted by Crippen LogP contribution is 2.30. The van der Waals surface area contributed by atoms with Gasteiger partial charge >= 0.3 is 0 Å². The molecule has 2 aliphatic heterocycles. The lowest BCUT2D eigenvalue weighted by Gasteiger charge is -2.06. The van der Waals surface area contributed by atoms with Crippen LogP contribution in [0.5, 0.6) is 0 Å². The van der Waals surface area contributed by atoms with E-state index in [1.807, 2.05) is 0 Å². The van der Waals surface area contributed by atoms with Gasteiger partial charge in [0.05, 0.1) is 22.8 Å². The van der Waals surface area contributed by atoms with Crippen LogP contribution < -0.4 is 0 Å². The van der Waals surface area contributed by atoms with E-state index < -0.39 is 0 Å². The number of nitrogens with one attached hydrogen (secondary N) is 2. The average molecular weight is 647 g/mol. The molecule has 0 atom stereocenters. The first-order valence-electron chi connectivity index (χ1n) is 19.8. The molecule has 0 amide bonds. The number of hydrogen-bond donors (Lipinski definition) is 2. The predicted octanol–water partition coefficient (Wildman–Crippen LogP) is 13.1. The zero-order chi connectivity index (χ0) is 33.6. The van der Waals surface area contributed by atoms with Crippen LogP contribution in [0.4, 0.5) is 0 Å². The summed E-state index contributed by atoms with van der Waals surface area (Å²) < 4.78 is 0. The maximum absolute atomic E-state index is 5.40. The Morgan fingerprint density at radius 1 is 0.354 bits per heavy atom. The Labute approximate surface area is 291 Å². The van der Waals surface area contributed by atoms with Crippen molar-refractivity contribution >= 4 is 46.4 Å². The monoisotopic (exact) mass is 646 g/mol.